The Morgan fingerprint density at radius 3 is 2.57 bits per heavy atom. The van der Waals surface area contributed by atoms with Crippen LogP contribution < -0.4 is 16.4 Å². The van der Waals surface area contributed by atoms with E-state index in [1.54, 1.807) is 18.2 Å². The molecule has 1 aromatic rings. The monoisotopic (exact) mass is 289 g/mol. The molecule has 0 heterocycles. The van der Waals surface area contributed by atoms with Crippen molar-refractivity contribution in [2.45, 2.75) is 45.2 Å². The molecule has 0 bridgehead atoms. The number of carbonyl (C=O) groups excluding carboxylic acids is 2. The van der Waals surface area contributed by atoms with Crippen LogP contribution in [0.25, 0.3) is 0 Å². The Morgan fingerprint density at radius 1 is 1.24 bits per heavy atom. The van der Waals surface area contributed by atoms with Crippen molar-refractivity contribution in [2.24, 2.45) is 11.7 Å². The third kappa shape index (κ3) is 4.04. The lowest BCUT2D eigenvalue weighted by Gasteiger charge is -2.15. The van der Waals surface area contributed by atoms with Crippen LogP contribution in [0.1, 0.15) is 43.5 Å². The zero-order valence-corrected chi connectivity index (χ0v) is 12.6. The van der Waals surface area contributed by atoms with E-state index in [0.717, 1.165) is 12.8 Å². The fourth-order valence-electron chi connectivity index (χ4n) is 2.62. The van der Waals surface area contributed by atoms with Crippen LogP contribution in [0.15, 0.2) is 24.3 Å². The molecule has 2 unspecified atom stereocenters. The summed E-state index contributed by atoms with van der Waals surface area (Å²) in [6.07, 6.45) is 2.41. The molecule has 5 nitrogen and oxygen atoms in total. The van der Waals surface area contributed by atoms with E-state index >= 15 is 0 Å². The standard InChI is InChI=1S/C16H23N3O2/c1-10(2)18-16(21)13-5-3-4-6-14(13)19-15(20)11-7-8-12(17)9-11/h3-6,10-12H,7-9,17H2,1-2H3,(H,18,21)(H,19,20). The first-order chi connectivity index (χ1) is 9.97. The number of benzene rings is 1. The van der Waals surface area contributed by atoms with E-state index in [9.17, 15) is 9.59 Å². The Bertz CT molecular complexity index is 528. The van der Waals surface area contributed by atoms with Crippen molar-refractivity contribution < 1.29 is 9.59 Å². The molecule has 0 spiro atoms. The van der Waals surface area contributed by atoms with Gasteiger partial charge in [0, 0.05) is 18.0 Å². The Kier molecular flexibility index (Phi) is 4.96. The summed E-state index contributed by atoms with van der Waals surface area (Å²) < 4.78 is 0. The minimum atomic E-state index is -0.177. The largest absolute Gasteiger partial charge is 0.350 e. The van der Waals surface area contributed by atoms with Crippen molar-refractivity contribution in [3.63, 3.8) is 0 Å². The zero-order chi connectivity index (χ0) is 15.4. The molecule has 1 aromatic carbocycles. The first-order valence-corrected chi connectivity index (χ1v) is 7.43. The van der Waals surface area contributed by atoms with E-state index in [1.165, 1.54) is 0 Å². The highest BCUT2D eigenvalue weighted by Crippen LogP contribution is 2.26. The molecule has 21 heavy (non-hydrogen) atoms. The molecule has 4 N–H and O–H groups in total. The topological polar surface area (TPSA) is 84.2 Å². The van der Waals surface area contributed by atoms with E-state index in [0.29, 0.717) is 17.7 Å². The third-order valence-corrected chi connectivity index (χ3v) is 3.69. The SMILES string of the molecule is CC(C)NC(=O)c1ccccc1NC(=O)C1CCC(N)C1. The van der Waals surface area contributed by atoms with E-state index in [4.69, 9.17) is 5.73 Å². The molecule has 1 fully saturated rings. The first kappa shape index (κ1) is 15.5. The molecule has 1 aliphatic carbocycles. The van der Waals surface area contributed by atoms with Crippen LogP contribution >= 0.6 is 0 Å². The van der Waals surface area contributed by atoms with Gasteiger partial charge in [0.25, 0.3) is 5.91 Å². The number of amides is 2. The molecule has 0 saturated heterocycles. The highest BCUT2D eigenvalue weighted by Gasteiger charge is 2.28. The van der Waals surface area contributed by atoms with Crippen LogP contribution in [0.3, 0.4) is 0 Å². The number of anilines is 1. The van der Waals surface area contributed by atoms with Gasteiger partial charge in [0.15, 0.2) is 0 Å². The quantitative estimate of drug-likeness (QED) is 0.791. The minimum absolute atomic E-state index is 0.0484. The summed E-state index contributed by atoms with van der Waals surface area (Å²) in [5.41, 5.74) is 6.89. The maximum atomic E-state index is 12.3. The average molecular weight is 289 g/mol. The zero-order valence-electron chi connectivity index (χ0n) is 12.6. The highest BCUT2D eigenvalue weighted by atomic mass is 16.2. The van der Waals surface area contributed by atoms with Gasteiger partial charge in [0.05, 0.1) is 11.3 Å². The summed E-state index contributed by atoms with van der Waals surface area (Å²) >= 11 is 0. The summed E-state index contributed by atoms with van der Waals surface area (Å²) in [7, 11) is 0. The van der Waals surface area contributed by atoms with Crippen LogP contribution in [-0.4, -0.2) is 23.9 Å². The van der Waals surface area contributed by atoms with Crippen LogP contribution in [0.4, 0.5) is 5.69 Å². The lowest BCUT2D eigenvalue weighted by molar-refractivity contribution is -0.119. The maximum absolute atomic E-state index is 12.3. The van der Waals surface area contributed by atoms with Gasteiger partial charge in [-0.15, -0.1) is 0 Å². The predicted octanol–water partition coefficient (Wildman–Crippen LogP) is 1.89. The number of nitrogens with one attached hydrogen (secondary N) is 2. The molecule has 0 radical (unpaired) electrons. The second-order valence-electron chi connectivity index (χ2n) is 5.93. The number of hydrogen-bond acceptors (Lipinski definition) is 3. The molecule has 0 aliphatic heterocycles. The molecule has 1 saturated carbocycles. The number of nitrogens with two attached hydrogens (primary N) is 1. The Balaban J connectivity index is 2.09. The van der Waals surface area contributed by atoms with Crippen molar-refractivity contribution in [3.05, 3.63) is 29.8 Å². The van der Waals surface area contributed by atoms with Gasteiger partial charge >= 0.3 is 0 Å². The van der Waals surface area contributed by atoms with Gasteiger partial charge in [0.1, 0.15) is 0 Å². The molecule has 0 aromatic heterocycles. The number of rotatable bonds is 4. The molecule has 114 valence electrons. The molecule has 1 aliphatic rings. The summed E-state index contributed by atoms with van der Waals surface area (Å²) in [5, 5.41) is 5.71. The summed E-state index contributed by atoms with van der Waals surface area (Å²) in [6.45, 7) is 3.80. The van der Waals surface area contributed by atoms with Gasteiger partial charge in [0.2, 0.25) is 5.91 Å². The number of carbonyl (C=O) groups is 2. The summed E-state index contributed by atoms with van der Waals surface area (Å²) in [6, 6.07) is 7.23. The van der Waals surface area contributed by atoms with Crippen LogP contribution in [0.2, 0.25) is 0 Å². The molecular formula is C16H23N3O2. The van der Waals surface area contributed by atoms with Crippen LogP contribution in [-0.2, 0) is 4.79 Å². The fraction of sp³-hybridized carbons (Fsp3) is 0.500. The van der Waals surface area contributed by atoms with Gasteiger partial charge in [-0.05, 0) is 45.2 Å². The second-order valence-corrected chi connectivity index (χ2v) is 5.93. The number of hydrogen-bond donors (Lipinski definition) is 3. The predicted molar refractivity (Wildman–Crippen MR) is 83.0 cm³/mol. The van der Waals surface area contributed by atoms with Crippen molar-refractivity contribution in [1.82, 2.24) is 5.32 Å². The molecule has 2 amide bonds. The molecule has 2 rings (SSSR count). The molecule has 2 atom stereocenters. The normalized spacial score (nSPS) is 21.3. The van der Waals surface area contributed by atoms with E-state index in [1.807, 2.05) is 19.9 Å². The lowest BCUT2D eigenvalue weighted by atomic mass is 10.1. The van der Waals surface area contributed by atoms with Gasteiger partial charge in [-0.2, -0.15) is 0 Å². The second kappa shape index (κ2) is 6.72. The Hall–Kier alpha value is -1.88. The Morgan fingerprint density at radius 2 is 1.95 bits per heavy atom. The smallest absolute Gasteiger partial charge is 0.253 e. The highest BCUT2D eigenvalue weighted by molar-refractivity contribution is 6.04. The molecular weight excluding hydrogens is 266 g/mol. The minimum Gasteiger partial charge on any atom is -0.350 e. The van der Waals surface area contributed by atoms with Gasteiger partial charge < -0.3 is 16.4 Å². The van der Waals surface area contributed by atoms with Crippen LogP contribution in [0.5, 0.6) is 0 Å². The third-order valence-electron chi connectivity index (χ3n) is 3.69. The molecule has 5 heteroatoms. The van der Waals surface area contributed by atoms with E-state index in [-0.39, 0.29) is 29.8 Å². The van der Waals surface area contributed by atoms with Crippen molar-refractivity contribution >= 4 is 17.5 Å². The fourth-order valence-corrected chi connectivity index (χ4v) is 2.62. The maximum Gasteiger partial charge on any atom is 0.253 e. The van der Waals surface area contributed by atoms with Crippen molar-refractivity contribution in [2.75, 3.05) is 5.32 Å². The van der Waals surface area contributed by atoms with E-state index < -0.39 is 0 Å². The van der Waals surface area contributed by atoms with E-state index in [2.05, 4.69) is 10.6 Å². The van der Waals surface area contributed by atoms with Crippen molar-refractivity contribution in [3.8, 4) is 0 Å². The van der Waals surface area contributed by atoms with Crippen LogP contribution in [0, 0.1) is 5.92 Å². The Labute approximate surface area is 125 Å². The average Bonchev–Trinajstić information content (AvgIpc) is 2.85. The summed E-state index contributed by atoms with van der Waals surface area (Å²) in [5.74, 6) is -0.280. The van der Waals surface area contributed by atoms with Crippen molar-refractivity contribution in [1.29, 1.82) is 0 Å². The first-order valence-electron chi connectivity index (χ1n) is 7.43. The van der Waals surface area contributed by atoms with Gasteiger partial charge in [-0.25, -0.2) is 0 Å². The summed E-state index contributed by atoms with van der Waals surface area (Å²) in [4.78, 5) is 24.4. The van der Waals surface area contributed by atoms with Gasteiger partial charge in [-0.1, -0.05) is 12.1 Å². The number of para-hydroxylation sites is 1. The van der Waals surface area contributed by atoms with Gasteiger partial charge in [-0.3, -0.25) is 9.59 Å². The lowest BCUT2D eigenvalue weighted by Crippen LogP contribution is -2.31.